The highest BCUT2D eigenvalue weighted by atomic mass is 32.1. The number of aromatic nitrogens is 1. The highest BCUT2D eigenvalue weighted by Gasteiger charge is 2.18. The summed E-state index contributed by atoms with van der Waals surface area (Å²) in [4.78, 5) is 21.8. The van der Waals surface area contributed by atoms with Crippen LogP contribution in [0.25, 0.3) is 11.3 Å². The lowest BCUT2D eigenvalue weighted by Gasteiger charge is -2.34. The number of nitrogens with zero attached hydrogens (tertiary/aromatic N) is 3. The fourth-order valence-corrected chi connectivity index (χ4v) is 4.46. The molecule has 1 amide bonds. The van der Waals surface area contributed by atoms with Crippen LogP contribution in [0, 0.1) is 6.92 Å². The van der Waals surface area contributed by atoms with Gasteiger partial charge in [0.2, 0.25) is 5.91 Å². The van der Waals surface area contributed by atoms with E-state index < -0.39 is 0 Å². The summed E-state index contributed by atoms with van der Waals surface area (Å²) in [6.07, 6.45) is 0.498. The van der Waals surface area contributed by atoms with E-state index in [4.69, 9.17) is 0 Å². The molecule has 0 spiro atoms. The molecule has 156 valence electrons. The largest absolute Gasteiger partial charge is 0.302 e. The van der Waals surface area contributed by atoms with Crippen molar-refractivity contribution in [2.45, 2.75) is 19.9 Å². The molecule has 0 radical (unpaired) electrons. The molecule has 0 atom stereocenters. The number of hydrogen-bond acceptors (Lipinski definition) is 5. The Hall–Kier alpha value is -2.54. The van der Waals surface area contributed by atoms with Crippen LogP contribution in [-0.4, -0.2) is 53.4 Å². The van der Waals surface area contributed by atoms with Gasteiger partial charge in [-0.1, -0.05) is 54.1 Å². The predicted molar refractivity (Wildman–Crippen MR) is 124 cm³/mol. The molecule has 0 aliphatic carbocycles. The van der Waals surface area contributed by atoms with Crippen molar-refractivity contribution in [1.29, 1.82) is 0 Å². The molecule has 0 bridgehead atoms. The summed E-state index contributed by atoms with van der Waals surface area (Å²) in [7, 11) is 0. The number of rotatable bonds is 7. The van der Waals surface area contributed by atoms with Gasteiger partial charge in [0.25, 0.3) is 0 Å². The number of amides is 1. The topological polar surface area (TPSA) is 48.5 Å². The van der Waals surface area contributed by atoms with E-state index in [0.29, 0.717) is 11.6 Å². The Labute approximate surface area is 182 Å². The molecular formula is C24H28N4OS. The standard InChI is InChI=1S/C24H28N4OS/c1-19-6-5-9-21(16-19)22-18-30-24(25-22)26-23(29)10-11-27-12-14-28(15-13-27)17-20-7-3-2-4-8-20/h2-9,16,18H,10-15,17H2,1H3,(H,25,26,29). The molecular weight excluding hydrogens is 392 g/mol. The number of thiazole rings is 1. The van der Waals surface area contributed by atoms with Gasteiger partial charge in [-0.15, -0.1) is 11.3 Å². The van der Waals surface area contributed by atoms with Crippen LogP contribution in [0.5, 0.6) is 0 Å². The van der Waals surface area contributed by atoms with Crippen molar-refractivity contribution in [1.82, 2.24) is 14.8 Å². The third-order valence-electron chi connectivity index (χ3n) is 5.43. The smallest absolute Gasteiger partial charge is 0.227 e. The molecule has 2 heterocycles. The van der Waals surface area contributed by atoms with Gasteiger partial charge in [0.15, 0.2) is 5.13 Å². The summed E-state index contributed by atoms with van der Waals surface area (Å²) in [5.41, 5.74) is 4.56. The fraction of sp³-hybridized carbons (Fsp3) is 0.333. The zero-order valence-corrected chi connectivity index (χ0v) is 18.2. The summed E-state index contributed by atoms with van der Waals surface area (Å²) in [6.45, 7) is 7.97. The average Bonchev–Trinajstić information content (AvgIpc) is 3.22. The van der Waals surface area contributed by atoms with Gasteiger partial charge < -0.3 is 10.2 Å². The van der Waals surface area contributed by atoms with Crippen LogP contribution in [0.1, 0.15) is 17.5 Å². The number of carbonyl (C=O) groups excluding carboxylic acids is 1. The van der Waals surface area contributed by atoms with Gasteiger partial charge in [-0.05, 0) is 18.6 Å². The molecule has 1 aliphatic rings. The molecule has 1 N–H and O–H groups in total. The SMILES string of the molecule is Cc1cccc(-c2csc(NC(=O)CCN3CCN(Cc4ccccc4)CC3)n2)c1. The van der Waals surface area contributed by atoms with Gasteiger partial charge in [-0.2, -0.15) is 0 Å². The molecule has 1 aliphatic heterocycles. The van der Waals surface area contributed by atoms with Gasteiger partial charge >= 0.3 is 0 Å². The number of nitrogens with one attached hydrogen (secondary N) is 1. The van der Waals surface area contributed by atoms with Crippen molar-refractivity contribution >= 4 is 22.4 Å². The van der Waals surface area contributed by atoms with Crippen LogP contribution in [0.3, 0.4) is 0 Å². The first-order chi connectivity index (χ1) is 14.7. The molecule has 4 rings (SSSR count). The summed E-state index contributed by atoms with van der Waals surface area (Å²) < 4.78 is 0. The second-order valence-corrected chi connectivity index (χ2v) is 8.67. The Kier molecular flexibility index (Phi) is 6.89. The zero-order chi connectivity index (χ0) is 20.8. The van der Waals surface area contributed by atoms with Crippen LogP contribution in [0.15, 0.2) is 60.0 Å². The van der Waals surface area contributed by atoms with Gasteiger partial charge in [0.05, 0.1) is 5.69 Å². The van der Waals surface area contributed by atoms with Crippen molar-refractivity contribution in [3.05, 3.63) is 71.1 Å². The molecule has 30 heavy (non-hydrogen) atoms. The Balaban J connectivity index is 1.19. The van der Waals surface area contributed by atoms with Crippen molar-refractivity contribution in [3.63, 3.8) is 0 Å². The Morgan fingerprint density at radius 2 is 1.80 bits per heavy atom. The number of benzene rings is 2. The van der Waals surface area contributed by atoms with Crippen molar-refractivity contribution < 1.29 is 4.79 Å². The van der Waals surface area contributed by atoms with E-state index >= 15 is 0 Å². The van der Waals surface area contributed by atoms with E-state index in [1.807, 2.05) is 17.5 Å². The minimum atomic E-state index is 0.0341. The second kappa shape index (κ2) is 9.98. The maximum atomic E-state index is 12.4. The lowest BCUT2D eigenvalue weighted by Crippen LogP contribution is -2.46. The van der Waals surface area contributed by atoms with E-state index in [1.165, 1.54) is 22.5 Å². The molecule has 0 unspecified atom stereocenters. The van der Waals surface area contributed by atoms with Crippen LogP contribution < -0.4 is 5.32 Å². The van der Waals surface area contributed by atoms with Gasteiger partial charge in [0, 0.05) is 56.6 Å². The highest BCUT2D eigenvalue weighted by Crippen LogP contribution is 2.25. The summed E-state index contributed by atoms with van der Waals surface area (Å²) in [5, 5.41) is 5.63. The lowest BCUT2D eigenvalue weighted by atomic mass is 10.1. The van der Waals surface area contributed by atoms with E-state index in [0.717, 1.165) is 50.5 Å². The minimum absolute atomic E-state index is 0.0341. The Morgan fingerprint density at radius 1 is 1.03 bits per heavy atom. The predicted octanol–water partition coefficient (Wildman–Crippen LogP) is 4.26. The average molecular weight is 421 g/mol. The number of aryl methyl sites for hydroxylation is 1. The van der Waals surface area contributed by atoms with Crippen molar-refractivity contribution in [3.8, 4) is 11.3 Å². The molecule has 6 heteroatoms. The van der Waals surface area contributed by atoms with Gasteiger partial charge in [-0.3, -0.25) is 9.69 Å². The monoisotopic (exact) mass is 420 g/mol. The minimum Gasteiger partial charge on any atom is -0.302 e. The van der Waals surface area contributed by atoms with E-state index in [2.05, 4.69) is 69.5 Å². The summed E-state index contributed by atoms with van der Waals surface area (Å²) >= 11 is 1.48. The van der Waals surface area contributed by atoms with E-state index in [9.17, 15) is 4.79 Å². The summed E-state index contributed by atoms with van der Waals surface area (Å²) in [6, 6.07) is 18.9. The van der Waals surface area contributed by atoms with Crippen molar-refractivity contribution in [2.75, 3.05) is 38.0 Å². The number of anilines is 1. The number of hydrogen-bond donors (Lipinski definition) is 1. The van der Waals surface area contributed by atoms with Crippen LogP contribution in [-0.2, 0) is 11.3 Å². The van der Waals surface area contributed by atoms with E-state index in [-0.39, 0.29) is 5.91 Å². The fourth-order valence-electron chi connectivity index (χ4n) is 3.72. The van der Waals surface area contributed by atoms with Crippen LogP contribution in [0.4, 0.5) is 5.13 Å². The maximum absolute atomic E-state index is 12.4. The van der Waals surface area contributed by atoms with Crippen LogP contribution >= 0.6 is 11.3 Å². The lowest BCUT2D eigenvalue weighted by molar-refractivity contribution is -0.116. The van der Waals surface area contributed by atoms with Crippen molar-refractivity contribution in [2.24, 2.45) is 0 Å². The third kappa shape index (κ3) is 5.75. The maximum Gasteiger partial charge on any atom is 0.227 e. The van der Waals surface area contributed by atoms with Gasteiger partial charge in [-0.25, -0.2) is 4.98 Å². The molecule has 1 saturated heterocycles. The Morgan fingerprint density at radius 3 is 2.57 bits per heavy atom. The van der Waals surface area contributed by atoms with Gasteiger partial charge in [0.1, 0.15) is 0 Å². The zero-order valence-electron chi connectivity index (χ0n) is 17.4. The van der Waals surface area contributed by atoms with E-state index in [1.54, 1.807) is 0 Å². The first-order valence-electron chi connectivity index (χ1n) is 10.5. The quantitative estimate of drug-likeness (QED) is 0.620. The molecule has 1 fully saturated rings. The first kappa shape index (κ1) is 20.7. The highest BCUT2D eigenvalue weighted by molar-refractivity contribution is 7.14. The first-order valence-corrected chi connectivity index (χ1v) is 11.3. The number of carbonyl (C=O) groups is 1. The molecule has 0 saturated carbocycles. The number of piperazine rings is 1. The summed E-state index contributed by atoms with van der Waals surface area (Å²) in [5.74, 6) is 0.0341. The third-order valence-corrected chi connectivity index (χ3v) is 6.19. The van der Waals surface area contributed by atoms with Crippen LogP contribution in [0.2, 0.25) is 0 Å². The Bertz CT molecular complexity index is 964. The molecule has 1 aromatic heterocycles. The second-order valence-electron chi connectivity index (χ2n) is 7.81. The normalized spacial score (nSPS) is 15.2. The molecule has 5 nitrogen and oxygen atoms in total. The molecule has 3 aromatic rings. The molecule has 2 aromatic carbocycles.